The molecule has 0 atom stereocenters. The van der Waals surface area contributed by atoms with Gasteiger partial charge in [-0.3, -0.25) is 4.79 Å². The summed E-state index contributed by atoms with van der Waals surface area (Å²) in [5.74, 6) is 1.28. The summed E-state index contributed by atoms with van der Waals surface area (Å²) >= 11 is 0. The molecule has 1 aromatic heterocycles. The molecule has 0 amide bonds. The van der Waals surface area contributed by atoms with Gasteiger partial charge in [0.2, 0.25) is 0 Å². The average Bonchev–Trinajstić information content (AvgIpc) is 2.43. The molecule has 0 radical (unpaired) electrons. The number of aromatic nitrogens is 3. The molecule has 1 rings (SSSR count). The van der Waals surface area contributed by atoms with E-state index in [4.69, 9.17) is 4.74 Å². The molecule has 0 bridgehead atoms. The molecule has 0 fully saturated rings. The van der Waals surface area contributed by atoms with Gasteiger partial charge in [0, 0.05) is 0 Å². The number of carbonyl (C=O) groups excluding carboxylic acids is 1. The van der Waals surface area contributed by atoms with Gasteiger partial charge in [-0.15, -0.1) is 0 Å². The van der Waals surface area contributed by atoms with Crippen LogP contribution in [0.1, 0.15) is 25.5 Å². The summed E-state index contributed by atoms with van der Waals surface area (Å²) in [6, 6.07) is 0. The minimum absolute atomic E-state index is 0.241. The van der Waals surface area contributed by atoms with Crippen molar-refractivity contribution in [2.45, 2.75) is 34.2 Å². The van der Waals surface area contributed by atoms with Crippen LogP contribution < -0.4 is 0 Å². The molecule has 5 heteroatoms. The van der Waals surface area contributed by atoms with E-state index in [-0.39, 0.29) is 5.97 Å². The summed E-state index contributed by atoms with van der Waals surface area (Å²) in [7, 11) is 1.39. The molecule has 0 saturated carbocycles. The first-order chi connectivity index (χ1) is 6.86. The molecule has 0 aromatic carbocycles. The maximum absolute atomic E-state index is 11.5. The van der Waals surface area contributed by atoms with Gasteiger partial charge < -0.3 is 4.74 Å². The van der Waals surface area contributed by atoms with Crippen LogP contribution in [-0.4, -0.2) is 27.8 Å². The minimum Gasteiger partial charge on any atom is -0.469 e. The molecule has 0 spiro atoms. The molecule has 0 aliphatic heterocycles. The Hall–Kier alpha value is -1.39. The van der Waals surface area contributed by atoms with E-state index in [9.17, 15) is 4.79 Å². The summed E-state index contributed by atoms with van der Waals surface area (Å²) in [5, 5.41) is 4.21. The number of hydrogen-bond acceptors (Lipinski definition) is 4. The maximum Gasteiger partial charge on any atom is 0.313 e. The number of carbonyl (C=O) groups is 1. The van der Waals surface area contributed by atoms with E-state index in [1.807, 2.05) is 27.7 Å². The summed E-state index contributed by atoms with van der Waals surface area (Å²) in [5.41, 5.74) is -0.584. The molecule has 15 heavy (non-hydrogen) atoms. The van der Waals surface area contributed by atoms with Crippen molar-refractivity contribution in [1.82, 2.24) is 14.8 Å². The first kappa shape index (κ1) is 11.7. The number of hydrogen-bond donors (Lipinski definition) is 0. The Kier molecular flexibility index (Phi) is 3.12. The highest BCUT2D eigenvalue weighted by molar-refractivity contribution is 5.75. The molecule has 0 aliphatic rings. The standard InChI is InChI=1S/C10H17N3O2/c1-7-11-8(2)13(12-7)6-10(3,4)9(14)15-5/h6H2,1-5H3. The van der Waals surface area contributed by atoms with E-state index in [0.29, 0.717) is 12.4 Å². The van der Waals surface area contributed by atoms with Crippen molar-refractivity contribution in [2.24, 2.45) is 5.41 Å². The zero-order valence-electron chi connectivity index (χ0n) is 9.87. The molecule has 1 aromatic rings. The Labute approximate surface area is 89.5 Å². The zero-order chi connectivity index (χ0) is 11.6. The van der Waals surface area contributed by atoms with Crippen LogP contribution >= 0.6 is 0 Å². The number of esters is 1. The lowest BCUT2D eigenvalue weighted by atomic mass is 9.94. The highest BCUT2D eigenvalue weighted by atomic mass is 16.5. The fourth-order valence-corrected chi connectivity index (χ4v) is 1.43. The highest BCUT2D eigenvalue weighted by Crippen LogP contribution is 2.20. The van der Waals surface area contributed by atoms with E-state index in [1.54, 1.807) is 4.68 Å². The van der Waals surface area contributed by atoms with Crippen LogP contribution in [0.15, 0.2) is 0 Å². The number of methoxy groups -OCH3 is 1. The Morgan fingerprint density at radius 2 is 2.07 bits per heavy atom. The number of aryl methyl sites for hydroxylation is 2. The first-order valence-corrected chi connectivity index (χ1v) is 4.83. The lowest BCUT2D eigenvalue weighted by Crippen LogP contribution is -2.31. The Bertz CT molecular complexity index is 369. The van der Waals surface area contributed by atoms with E-state index in [2.05, 4.69) is 10.1 Å². The van der Waals surface area contributed by atoms with Crippen LogP contribution in [0.4, 0.5) is 0 Å². The van der Waals surface area contributed by atoms with Gasteiger partial charge in [0.15, 0.2) is 0 Å². The van der Waals surface area contributed by atoms with Crippen molar-refractivity contribution >= 4 is 5.97 Å². The van der Waals surface area contributed by atoms with Crippen LogP contribution in [0, 0.1) is 19.3 Å². The van der Waals surface area contributed by atoms with Crippen molar-refractivity contribution in [2.75, 3.05) is 7.11 Å². The lowest BCUT2D eigenvalue weighted by Gasteiger charge is -2.21. The average molecular weight is 211 g/mol. The smallest absolute Gasteiger partial charge is 0.313 e. The first-order valence-electron chi connectivity index (χ1n) is 4.83. The van der Waals surface area contributed by atoms with Crippen LogP contribution in [0.3, 0.4) is 0 Å². The molecule has 0 aliphatic carbocycles. The zero-order valence-corrected chi connectivity index (χ0v) is 9.87. The van der Waals surface area contributed by atoms with Crippen molar-refractivity contribution in [3.05, 3.63) is 11.6 Å². The third kappa shape index (κ3) is 2.55. The van der Waals surface area contributed by atoms with Gasteiger partial charge in [-0.05, 0) is 27.7 Å². The lowest BCUT2D eigenvalue weighted by molar-refractivity contribution is -0.151. The number of rotatable bonds is 3. The molecule has 84 valence electrons. The van der Waals surface area contributed by atoms with Gasteiger partial charge in [0.25, 0.3) is 0 Å². The third-order valence-corrected chi connectivity index (χ3v) is 2.25. The SMILES string of the molecule is COC(=O)C(C)(C)Cn1nc(C)nc1C. The summed E-state index contributed by atoms with van der Waals surface area (Å²) in [6.07, 6.45) is 0. The molecule has 5 nitrogen and oxygen atoms in total. The molecule has 0 N–H and O–H groups in total. The second-order valence-corrected chi connectivity index (χ2v) is 4.24. The normalized spacial score (nSPS) is 11.5. The molecular weight excluding hydrogens is 194 g/mol. The largest absolute Gasteiger partial charge is 0.469 e. The number of nitrogens with zero attached hydrogens (tertiary/aromatic N) is 3. The maximum atomic E-state index is 11.5. The van der Waals surface area contributed by atoms with Gasteiger partial charge in [0.1, 0.15) is 11.6 Å². The molecule has 1 heterocycles. The van der Waals surface area contributed by atoms with Gasteiger partial charge in [-0.1, -0.05) is 0 Å². The van der Waals surface area contributed by atoms with Gasteiger partial charge in [-0.25, -0.2) is 9.67 Å². The Balaban J connectivity index is 2.85. The Morgan fingerprint density at radius 1 is 1.47 bits per heavy atom. The van der Waals surface area contributed by atoms with Crippen LogP contribution in [0.25, 0.3) is 0 Å². The van der Waals surface area contributed by atoms with Gasteiger partial charge in [-0.2, -0.15) is 5.10 Å². The Morgan fingerprint density at radius 3 is 2.47 bits per heavy atom. The van der Waals surface area contributed by atoms with Crippen molar-refractivity contribution < 1.29 is 9.53 Å². The summed E-state index contributed by atoms with van der Waals surface area (Å²) in [6.45, 7) is 7.83. The molecule has 0 saturated heterocycles. The monoisotopic (exact) mass is 211 g/mol. The highest BCUT2D eigenvalue weighted by Gasteiger charge is 2.30. The predicted molar refractivity (Wildman–Crippen MR) is 55.3 cm³/mol. The molecular formula is C10H17N3O2. The van der Waals surface area contributed by atoms with E-state index in [0.717, 1.165) is 5.82 Å². The fourth-order valence-electron chi connectivity index (χ4n) is 1.43. The predicted octanol–water partition coefficient (Wildman–Crippen LogP) is 1.09. The topological polar surface area (TPSA) is 57.0 Å². The van der Waals surface area contributed by atoms with Crippen LogP contribution in [0.5, 0.6) is 0 Å². The van der Waals surface area contributed by atoms with E-state index >= 15 is 0 Å². The fraction of sp³-hybridized carbons (Fsp3) is 0.700. The van der Waals surface area contributed by atoms with Crippen molar-refractivity contribution in [1.29, 1.82) is 0 Å². The summed E-state index contributed by atoms with van der Waals surface area (Å²) in [4.78, 5) is 15.7. The van der Waals surface area contributed by atoms with Crippen molar-refractivity contribution in [3.8, 4) is 0 Å². The van der Waals surface area contributed by atoms with Gasteiger partial charge >= 0.3 is 5.97 Å². The van der Waals surface area contributed by atoms with Crippen molar-refractivity contribution in [3.63, 3.8) is 0 Å². The van der Waals surface area contributed by atoms with Crippen LogP contribution in [0.2, 0.25) is 0 Å². The van der Waals surface area contributed by atoms with Crippen LogP contribution in [-0.2, 0) is 16.1 Å². The number of ether oxygens (including phenoxy) is 1. The van der Waals surface area contributed by atoms with E-state index < -0.39 is 5.41 Å². The molecule has 0 unspecified atom stereocenters. The second kappa shape index (κ2) is 4.00. The third-order valence-electron chi connectivity index (χ3n) is 2.25. The second-order valence-electron chi connectivity index (χ2n) is 4.24. The minimum atomic E-state index is -0.584. The quantitative estimate of drug-likeness (QED) is 0.702. The van der Waals surface area contributed by atoms with Gasteiger partial charge in [0.05, 0.1) is 19.1 Å². The van der Waals surface area contributed by atoms with E-state index in [1.165, 1.54) is 7.11 Å². The summed E-state index contributed by atoms with van der Waals surface area (Å²) < 4.78 is 6.46.